The van der Waals surface area contributed by atoms with Crippen molar-refractivity contribution in [3.8, 4) is 0 Å². The molecule has 1 aromatic heterocycles. The highest BCUT2D eigenvalue weighted by atomic mass is 32.1. The predicted molar refractivity (Wildman–Crippen MR) is 56.2 cm³/mol. The van der Waals surface area contributed by atoms with Crippen molar-refractivity contribution in [1.82, 2.24) is 9.36 Å². The monoisotopic (exact) mass is 214 g/mol. The van der Waals surface area contributed by atoms with E-state index in [1.165, 1.54) is 11.5 Å². The first-order valence-electron chi connectivity index (χ1n) is 4.57. The first kappa shape index (κ1) is 10.9. The first-order chi connectivity index (χ1) is 6.72. The Bertz CT molecular complexity index is 299. The van der Waals surface area contributed by atoms with Crippen LogP contribution in [0.4, 0.5) is 5.13 Å². The van der Waals surface area contributed by atoms with Gasteiger partial charge in [0.25, 0.3) is 0 Å². The lowest BCUT2D eigenvalue weighted by Crippen LogP contribution is -2.15. The molecule has 1 heterocycles. The van der Waals surface area contributed by atoms with E-state index in [4.69, 9.17) is 5.73 Å². The van der Waals surface area contributed by atoms with Gasteiger partial charge in [-0.05, 0) is 6.42 Å². The van der Waals surface area contributed by atoms with E-state index in [2.05, 4.69) is 21.6 Å². The standard InChI is InChI=1S/C8H14N4OS/c1-2-3-7-11-8(14-12-7)10-5-4-6(9)13/h2-5H2,1H3,(H2,9,13)(H,10,11,12). The third-order valence-electron chi connectivity index (χ3n) is 1.59. The molecular formula is C8H14N4OS. The van der Waals surface area contributed by atoms with Crippen molar-refractivity contribution < 1.29 is 4.79 Å². The van der Waals surface area contributed by atoms with Crippen LogP contribution in [-0.4, -0.2) is 21.8 Å². The smallest absolute Gasteiger partial charge is 0.219 e. The van der Waals surface area contributed by atoms with Gasteiger partial charge in [-0.15, -0.1) is 0 Å². The maximum atomic E-state index is 10.4. The number of nitrogens with two attached hydrogens (primary N) is 1. The van der Waals surface area contributed by atoms with Gasteiger partial charge in [0.1, 0.15) is 5.82 Å². The molecule has 14 heavy (non-hydrogen) atoms. The summed E-state index contributed by atoms with van der Waals surface area (Å²) < 4.78 is 4.16. The molecule has 0 unspecified atom stereocenters. The van der Waals surface area contributed by atoms with Crippen LogP contribution in [0.25, 0.3) is 0 Å². The van der Waals surface area contributed by atoms with Crippen molar-refractivity contribution in [2.24, 2.45) is 5.73 Å². The number of amides is 1. The van der Waals surface area contributed by atoms with Crippen LogP contribution in [0.3, 0.4) is 0 Å². The molecule has 0 aliphatic heterocycles. The molecule has 1 amide bonds. The summed E-state index contributed by atoms with van der Waals surface area (Å²) in [6.45, 7) is 2.61. The number of hydrogen-bond donors (Lipinski definition) is 2. The molecule has 6 heteroatoms. The van der Waals surface area contributed by atoms with Gasteiger partial charge in [0.2, 0.25) is 11.0 Å². The fraction of sp³-hybridized carbons (Fsp3) is 0.625. The van der Waals surface area contributed by atoms with E-state index in [1.54, 1.807) is 0 Å². The first-order valence-corrected chi connectivity index (χ1v) is 5.34. The summed E-state index contributed by atoms with van der Waals surface area (Å²) in [5, 5.41) is 3.76. The Morgan fingerprint density at radius 3 is 3.07 bits per heavy atom. The SMILES string of the molecule is CCCc1nsc(NCCC(N)=O)n1. The Morgan fingerprint density at radius 1 is 1.64 bits per heavy atom. The van der Waals surface area contributed by atoms with E-state index in [0.29, 0.717) is 13.0 Å². The molecule has 78 valence electrons. The molecule has 0 atom stereocenters. The summed E-state index contributed by atoms with van der Waals surface area (Å²) >= 11 is 1.32. The fourth-order valence-electron chi connectivity index (χ4n) is 0.944. The number of carbonyl (C=O) groups excluding carboxylic acids is 1. The van der Waals surface area contributed by atoms with Crippen molar-refractivity contribution >= 4 is 22.6 Å². The maximum absolute atomic E-state index is 10.4. The van der Waals surface area contributed by atoms with Gasteiger partial charge in [0.05, 0.1) is 0 Å². The Labute approximate surface area is 86.9 Å². The topological polar surface area (TPSA) is 80.9 Å². The average Bonchev–Trinajstić information content (AvgIpc) is 2.53. The van der Waals surface area contributed by atoms with Crippen LogP contribution in [-0.2, 0) is 11.2 Å². The maximum Gasteiger partial charge on any atom is 0.219 e. The van der Waals surface area contributed by atoms with Crippen LogP contribution in [0.2, 0.25) is 0 Å². The van der Waals surface area contributed by atoms with Gasteiger partial charge in [-0.3, -0.25) is 4.79 Å². The van der Waals surface area contributed by atoms with E-state index in [0.717, 1.165) is 23.8 Å². The second-order valence-corrected chi connectivity index (χ2v) is 3.66. The number of aromatic nitrogens is 2. The summed E-state index contributed by atoms with van der Waals surface area (Å²) in [7, 11) is 0. The number of nitrogens with zero attached hydrogens (tertiary/aromatic N) is 2. The van der Waals surface area contributed by atoms with Crippen LogP contribution in [0, 0.1) is 0 Å². The van der Waals surface area contributed by atoms with Gasteiger partial charge < -0.3 is 11.1 Å². The summed E-state index contributed by atoms with van der Waals surface area (Å²) in [6.07, 6.45) is 2.26. The molecule has 0 saturated heterocycles. The number of carbonyl (C=O) groups is 1. The van der Waals surface area contributed by atoms with E-state index in [1.807, 2.05) is 0 Å². The number of primary amides is 1. The van der Waals surface area contributed by atoms with Crippen molar-refractivity contribution in [3.05, 3.63) is 5.82 Å². The Morgan fingerprint density at radius 2 is 2.43 bits per heavy atom. The Balaban J connectivity index is 2.32. The summed E-state index contributed by atoms with van der Waals surface area (Å²) in [4.78, 5) is 14.7. The third-order valence-corrected chi connectivity index (χ3v) is 2.30. The molecule has 0 bridgehead atoms. The van der Waals surface area contributed by atoms with Crippen molar-refractivity contribution in [3.63, 3.8) is 0 Å². The van der Waals surface area contributed by atoms with Gasteiger partial charge >= 0.3 is 0 Å². The van der Waals surface area contributed by atoms with Crippen LogP contribution >= 0.6 is 11.5 Å². The number of aryl methyl sites for hydroxylation is 1. The zero-order valence-corrected chi connectivity index (χ0v) is 8.93. The quantitative estimate of drug-likeness (QED) is 0.733. The molecule has 0 aromatic carbocycles. The largest absolute Gasteiger partial charge is 0.370 e. The average molecular weight is 214 g/mol. The zero-order valence-electron chi connectivity index (χ0n) is 8.12. The molecule has 0 aliphatic rings. The number of nitrogens with one attached hydrogen (secondary N) is 1. The highest BCUT2D eigenvalue weighted by Crippen LogP contribution is 2.11. The highest BCUT2D eigenvalue weighted by Gasteiger charge is 2.02. The van der Waals surface area contributed by atoms with Gasteiger partial charge in [-0.1, -0.05) is 6.92 Å². The summed E-state index contributed by atoms with van der Waals surface area (Å²) in [6, 6.07) is 0. The van der Waals surface area contributed by atoms with E-state index in [-0.39, 0.29) is 5.91 Å². The molecule has 3 N–H and O–H groups in total. The van der Waals surface area contributed by atoms with E-state index < -0.39 is 0 Å². The minimum Gasteiger partial charge on any atom is -0.370 e. The highest BCUT2D eigenvalue weighted by molar-refractivity contribution is 7.09. The molecule has 0 saturated carbocycles. The molecule has 0 spiro atoms. The van der Waals surface area contributed by atoms with Crippen molar-refractivity contribution in [2.75, 3.05) is 11.9 Å². The predicted octanol–water partition coefficient (Wildman–Crippen LogP) is 0.778. The Hall–Kier alpha value is -1.17. The van der Waals surface area contributed by atoms with Gasteiger partial charge in [0.15, 0.2) is 0 Å². The summed E-state index contributed by atoms with van der Waals surface area (Å²) in [5.41, 5.74) is 5.00. The number of hydrogen-bond acceptors (Lipinski definition) is 5. The van der Waals surface area contributed by atoms with Crippen molar-refractivity contribution in [2.45, 2.75) is 26.2 Å². The minimum absolute atomic E-state index is 0.309. The fourth-order valence-corrected chi connectivity index (χ4v) is 1.58. The van der Waals surface area contributed by atoms with Gasteiger partial charge in [0, 0.05) is 30.9 Å². The lowest BCUT2D eigenvalue weighted by molar-refractivity contribution is -0.117. The van der Waals surface area contributed by atoms with Crippen molar-refractivity contribution in [1.29, 1.82) is 0 Å². The molecule has 0 aliphatic carbocycles. The second-order valence-electron chi connectivity index (χ2n) is 2.91. The van der Waals surface area contributed by atoms with Gasteiger partial charge in [-0.25, -0.2) is 4.98 Å². The van der Waals surface area contributed by atoms with Crippen LogP contribution in [0.5, 0.6) is 0 Å². The van der Waals surface area contributed by atoms with Crippen LogP contribution < -0.4 is 11.1 Å². The number of rotatable bonds is 6. The van der Waals surface area contributed by atoms with Gasteiger partial charge in [-0.2, -0.15) is 4.37 Å². The molecular weight excluding hydrogens is 200 g/mol. The summed E-state index contributed by atoms with van der Waals surface area (Å²) in [5.74, 6) is 0.551. The lowest BCUT2D eigenvalue weighted by Gasteiger charge is -1.97. The van der Waals surface area contributed by atoms with Crippen LogP contribution in [0.15, 0.2) is 0 Å². The molecule has 5 nitrogen and oxygen atoms in total. The minimum atomic E-state index is -0.309. The van der Waals surface area contributed by atoms with E-state index in [9.17, 15) is 4.79 Å². The molecule has 1 aromatic rings. The third kappa shape index (κ3) is 3.69. The van der Waals surface area contributed by atoms with E-state index >= 15 is 0 Å². The molecule has 1 rings (SSSR count). The number of anilines is 1. The lowest BCUT2D eigenvalue weighted by atomic mass is 10.3. The van der Waals surface area contributed by atoms with Crippen LogP contribution in [0.1, 0.15) is 25.6 Å². The molecule has 0 fully saturated rings. The Kier molecular flexibility index (Phi) is 4.31. The normalized spacial score (nSPS) is 10.1. The molecule has 0 radical (unpaired) electrons. The zero-order chi connectivity index (χ0) is 10.4. The second kappa shape index (κ2) is 5.54.